The van der Waals surface area contributed by atoms with Crippen molar-refractivity contribution in [2.24, 2.45) is 7.05 Å². The highest BCUT2D eigenvalue weighted by Crippen LogP contribution is 2.32. The number of pyridine rings is 2. The Morgan fingerprint density at radius 1 is 1.12 bits per heavy atom. The van der Waals surface area contributed by atoms with Gasteiger partial charge in [-0.15, -0.1) is 0 Å². The van der Waals surface area contributed by atoms with Crippen molar-refractivity contribution in [2.75, 3.05) is 7.11 Å². The normalized spacial score (nSPS) is 10.4. The summed E-state index contributed by atoms with van der Waals surface area (Å²) >= 11 is 0. The fourth-order valence-electron chi connectivity index (χ4n) is 3.36. The lowest BCUT2D eigenvalue weighted by molar-refractivity contribution is 0.0972. The summed E-state index contributed by atoms with van der Waals surface area (Å²) < 4.78 is 8.27. The molecule has 1 amide bonds. The van der Waals surface area contributed by atoms with Crippen LogP contribution >= 0.6 is 0 Å². The lowest BCUT2D eigenvalue weighted by atomic mass is 9.99. The van der Waals surface area contributed by atoms with Crippen molar-refractivity contribution in [3.8, 4) is 40.0 Å². The van der Waals surface area contributed by atoms with Crippen LogP contribution in [0.15, 0.2) is 72.0 Å². The van der Waals surface area contributed by atoms with E-state index in [1.165, 1.54) is 11.7 Å². The Morgan fingerprint density at radius 2 is 1.94 bits per heavy atom. The number of aromatic nitrogens is 4. The van der Waals surface area contributed by atoms with E-state index in [9.17, 15) is 9.59 Å². The second-order valence-corrected chi connectivity index (χ2v) is 6.89. The summed E-state index contributed by atoms with van der Waals surface area (Å²) in [4.78, 5) is 28.8. The first-order valence-electron chi connectivity index (χ1n) is 9.57. The molecule has 4 rings (SSSR count). The highest BCUT2D eigenvalue weighted by atomic mass is 16.5. The molecule has 0 saturated carbocycles. The predicted octanol–water partition coefficient (Wildman–Crippen LogP) is 2.52. The van der Waals surface area contributed by atoms with Crippen LogP contribution in [0.5, 0.6) is 5.88 Å². The molecule has 158 valence electrons. The van der Waals surface area contributed by atoms with Crippen molar-refractivity contribution in [1.29, 1.82) is 5.26 Å². The zero-order chi connectivity index (χ0) is 22.7. The average molecular weight is 426 g/mol. The molecule has 4 aromatic rings. The van der Waals surface area contributed by atoms with Gasteiger partial charge in [0, 0.05) is 48.9 Å². The minimum atomic E-state index is -0.521. The Morgan fingerprint density at radius 3 is 2.72 bits per heavy atom. The molecular weight excluding hydrogens is 408 g/mol. The highest BCUT2D eigenvalue weighted by Gasteiger charge is 2.16. The van der Waals surface area contributed by atoms with Gasteiger partial charge in [0.2, 0.25) is 5.88 Å². The second-order valence-electron chi connectivity index (χ2n) is 6.89. The number of carbonyl (C=O) groups excluding carboxylic acids is 1. The maximum absolute atomic E-state index is 12.4. The number of ether oxygens (including phenoxy) is 1. The van der Waals surface area contributed by atoms with E-state index in [1.54, 1.807) is 85.2 Å². The molecule has 0 spiro atoms. The summed E-state index contributed by atoms with van der Waals surface area (Å²) in [6, 6.07) is 11.9. The number of rotatable bonds is 5. The number of aryl methyl sites for hydroxylation is 1. The number of hydrogen-bond acceptors (Lipinski definition) is 6. The van der Waals surface area contributed by atoms with Crippen LogP contribution in [-0.2, 0) is 7.05 Å². The van der Waals surface area contributed by atoms with Crippen LogP contribution in [0.3, 0.4) is 0 Å². The number of nitrogens with zero attached hydrogens (tertiary/aromatic N) is 5. The van der Waals surface area contributed by atoms with Crippen molar-refractivity contribution in [2.45, 2.75) is 0 Å². The summed E-state index contributed by atoms with van der Waals surface area (Å²) in [6.45, 7) is 0. The number of nitriles is 1. The first-order chi connectivity index (χ1) is 15.5. The molecule has 1 N–H and O–H groups in total. The topological polar surface area (TPSA) is 115 Å². The monoisotopic (exact) mass is 426 g/mol. The van der Waals surface area contributed by atoms with Gasteiger partial charge in [0.1, 0.15) is 0 Å². The zero-order valence-electron chi connectivity index (χ0n) is 17.3. The fraction of sp³-hybridized carbons (Fsp3) is 0.0870. The average Bonchev–Trinajstić information content (AvgIpc) is 3.31. The highest BCUT2D eigenvalue weighted by molar-refractivity contribution is 5.98. The van der Waals surface area contributed by atoms with E-state index in [2.05, 4.69) is 15.4 Å². The van der Waals surface area contributed by atoms with Gasteiger partial charge in [-0.1, -0.05) is 12.1 Å². The van der Waals surface area contributed by atoms with Crippen molar-refractivity contribution in [3.63, 3.8) is 0 Å². The number of methoxy groups -OCH3 is 1. The molecule has 3 aromatic heterocycles. The van der Waals surface area contributed by atoms with E-state index < -0.39 is 5.91 Å². The molecule has 0 aliphatic rings. The van der Waals surface area contributed by atoms with Crippen molar-refractivity contribution in [1.82, 2.24) is 24.6 Å². The molecule has 0 atom stereocenters. The van der Waals surface area contributed by atoms with Gasteiger partial charge in [0.15, 0.2) is 6.19 Å². The number of hydrogen-bond donors (Lipinski definition) is 1. The predicted molar refractivity (Wildman–Crippen MR) is 117 cm³/mol. The molecule has 0 aliphatic heterocycles. The van der Waals surface area contributed by atoms with Gasteiger partial charge >= 0.3 is 0 Å². The van der Waals surface area contributed by atoms with E-state index in [0.29, 0.717) is 22.7 Å². The van der Waals surface area contributed by atoms with Crippen molar-refractivity contribution < 1.29 is 9.53 Å². The van der Waals surface area contributed by atoms with Crippen molar-refractivity contribution >= 4 is 5.91 Å². The third-order valence-electron chi connectivity index (χ3n) is 4.94. The maximum Gasteiger partial charge on any atom is 0.266 e. The van der Waals surface area contributed by atoms with Gasteiger partial charge in [-0.3, -0.25) is 14.9 Å². The lowest BCUT2D eigenvalue weighted by Crippen LogP contribution is -2.19. The molecule has 0 fully saturated rings. The molecule has 9 heteroatoms. The van der Waals surface area contributed by atoms with Gasteiger partial charge < -0.3 is 9.30 Å². The molecule has 3 heterocycles. The molecule has 1 aromatic carbocycles. The van der Waals surface area contributed by atoms with E-state index in [0.717, 1.165) is 16.7 Å². The van der Waals surface area contributed by atoms with Gasteiger partial charge in [-0.05, 0) is 29.3 Å². The number of nitrogens with one attached hydrogen (secondary N) is 1. The largest absolute Gasteiger partial charge is 0.481 e. The van der Waals surface area contributed by atoms with E-state index in [4.69, 9.17) is 10.00 Å². The number of amides is 1. The number of carbonyl (C=O) groups is 1. The van der Waals surface area contributed by atoms with Gasteiger partial charge in [-0.2, -0.15) is 10.4 Å². The molecule has 9 nitrogen and oxygen atoms in total. The van der Waals surface area contributed by atoms with Crippen LogP contribution in [0.25, 0.3) is 27.9 Å². The molecule has 0 saturated heterocycles. The van der Waals surface area contributed by atoms with Crippen molar-refractivity contribution in [3.05, 3.63) is 83.2 Å². The molecule has 0 aliphatic carbocycles. The van der Waals surface area contributed by atoms with E-state index >= 15 is 0 Å². The zero-order valence-corrected chi connectivity index (χ0v) is 17.3. The first kappa shape index (κ1) is 20.6. The Balaban J connectivity index is 1.84. The maximum atomic E-state index is 12.4. The molecule has 0 bridgehead atoms. The minimum absolute atomic E-state index is 0.162. The fourth-order valence-corrected chi connectivity index (χ4v) is 3.36. The summed E-state index contributed by atoms with van der Waals surface area (Å²) in [6.07, 6.45) is 8.41. The van der Waals surface area contributed by atoms with Crippen LogP contribution in [-0.4, -0.2) is 32.3 Å². The van der Waals surface area contributed by atoms with E-state index in [1.807, 2.05) is 0 Å². The Labute approximate surface area is 183 Å². The van der Waals surface area contributed by atoms with Gasteiger partial charge in [-0.25, -0.2) is 9.67 Å². The summed E-state index contributed by atoms with van der Waals surface area (Å²) in [5.74, 6) is -0.0888. The summed E-state index contributed by atoms with van der Waals surface area (Å²) in [5.41, 5.74) is 3.64. The smallest absolute Gasteiger partial charge is 0.266 e. The summed E-state index contributed by atoms with van der Waals surface area (Å²) in [5, 5.41) is 15.3. The Bertz CT molecular complexity index is 1410. The molecular formula is C23H18N6O3. The standard InChI is InChI=1S/C23H18N6O3/c1-28-13-19(18(10-22(28)30)15-7-8-25-21(9-15)32-2)16-11-27-29(12-16)20-6-4-3-5-17(20)23(31)26-14-24/h3-13H,1-2H3,(H,26,31). The Kier molecular flexibility index (Phi) is 5.51. The van der Waals surface area contributed by atoms with Crippen LogP contribution in [0, 0.1) is 11.5 Å². The van der Waals surface area contributed by atoms with Gasteiger partial charge in [0.25, 0.3) is 11.5 Å². The molecule has 0 unspecified atom stereocenters. The second kappa shape index (κ2) is 8.57. The minimum Gasteiger partial charge on any atom is -0.481 e. The number of benzene rings is 1. The number of para-hydroxylation sites is 1. The van der Waals surface area contributed by atoms with Crippen LogP contribution in [0.2, 0.25) is 0 Å². The molecule has 0 radical (unpaired) electrons. The third kappa shape index (κ3) is 3.85. The Hall–Kier alpha value is -4.71. The third-order valence-corrected chi connectivity index (χ3v) is 4.94. The van der Waals surface area contributed by atoms with E-state index in [-0.39, 0.29) is 5.56 Å². The van der Waals surface area contributed by atoms with Crippen LogP contribution in [0.4, 0.5) is 0 Å². The first-order valence-corrected chi connectivity index (χ1v) is 9.57. The van der Waals surface area contributed by atoms with Crippen LogP contribution < -0.4 is 15.6 Å². The molecule has 32 heavy (non-hydrogen) atoms. The summed E-state index contributed by atoms with van der Waals surface area (Å²) in [7, 11) is 3.20. The van der Waals surface area contributed by atoms with Crippen LogP contribution in [0.1, 0.15) is 10.4 Å². The SMILES string of the molecule is COc1cc(-c2cc(=O)n(C)cc2-c2cnn(-c3ccccc3C(=O)NC#N)c2)ccn1. The van der Waals surface area contributed by atoms with Gasteiger partial charge in [0.05, 0.1) is 24.6 Å². The quantitative estimate of drug-likeness (QED) is 0.387. The lowest BCUT2D eigenvalue weighted by Gasteiger charge is -2.11.